The number of amides is 1. The second-order valence-electron chi connectivity index (χ2n) is 7.80. The fraction of sp³-hybridized carbons (Fsp3) is 0.154. The number of rotatable bonds is 6. The molecule has 5 nitrogen and oxygen atoms in total. The van der Waals surface area contributed by atoms with Crippen LogP contribution < -0.4 is 10.1 Å². The van der Waals surface area contributed by atoms with Crippen molar-refractivity contribution in [2.24, 2.45) is 0 Å². The summed E-state index contributed by atoms with van der Waals surface area (Å²) in [7, 11) is 1.59. The minimum Gasteiger partial charge on any atom is -0.496 e. The van der Waals surface area contributed by atoms with E-state index in [0.29, 0.717) is 39.4 Å². The maximum absolute atomic E-state index is 12.5. The van der Waals surface area contributed by atoms with E-state index in [1.165, 1.54) is 11.6 Å². The van der Waals surface area contributed by atoms with Crippen LogP contribution in [-0.2, 0) is 4.79 Å². The number of nitrogens with zero attached hydrogens (tertiary/aromatic N) is 1. The van der Waals surface area contributed by atoms with Gasteiger partial charge >= 0.3 is 0 Å². The zero-order valence-electron chi connectivity index (χ0n) is 18.4. The minimum absolute atomic E-state index is 0.288. The first-order chi connectivity index (χ1) is 15.8. The molecule has 0 bridgehead atoms. The minimum atomic E-state index is -0.288. The molecule has 1 aromatic heterocycles. The van der Waals surface area contributed by atoms with Crippen molar-refractivity contribution in [2.75, 3.05) is 12.4 Å². The number of hydrogen-bond acceptors (Lipinski definition) is 4. The van der Waals surface area contributed by atoms with E-state index in [2.05, 4.69) is 40.1 Å². The molecule has 1 N–H and O–H groups in total. The summed E-state index contributed by atoms with van der Waals surface area (Å²) >= 11 is 9.85. The molecule has 4 aromatic rings. The Kier molecular flexibility index (Phi) is 6.86. The van der Waals surface area contributed by atoms with Gasteiger partial charge in [0.2, 0.25) is 11.8 Å². The fourth-order valence-electron chi connectivity index (χ4n) is 3.37. The highest BCUT2D eigenvalue weighted by molar-refractivity contribution is 9.10. The summed E-state index contributed by atoms with van der Waals surface area (Å²) in [6.45, 7) is 4.26. The number of ether oxygens (including phenoxy) is 1. The van der Waals surface area contributed by atoms with Crippen molar-refractivity contribution in [3.05, 3.63) is 81.3 Å². The van der Waals surface area contributed by atoms with Crippen molar-refractivity contribution in [2.45, 2.75) is 19.8 Å². The normalized spacial score (nSPS) is 11.5. The number of benzene rings is 3. The number of carbonyl (C=O) groups is 1. The monoisotopic (exact) mass is 524 g/mol. The van der Waals surface area contributed by atoms with Crippen molar-refractivity contribution in [1.82, 2.24) is 4.98 Å². The lowest BCUT2D eigenvalue weighted by atomic mass is 10.0. The molecule has 4 rings (SSSR count). The number of carbonyl (C=O) groups excluding carboxylic acids is 1. The summed E-state index contributed by atoms with van der Waals surface area (Å²) in [5, 5.41) is 3.34. The maximum atomic E-state index is 12.5. The van der Waals surface area contributed by atoms with Gasteiger partial charge in [-0.15, -0.1) is 0 Å². The Morgan fingerprint density at radius 1 is 1.15 bits per heavy atom. The molecule has 0 saturated heterocycles. The van der Waals surface area contributed by atoms with Crippen LogP contribution in [0.2, 0.25) is 5.02 Å². The third-order valence-corrected chi connectivity index (χ3v) is 5.97. The average Bonchev–Trinajstić information content (AvgIpc) is 3.22. The van der Waals surface area contributed by atoms with Crippen LogP contribution >= 0.6 is 27.5 Å². The summed E-state index contributed by atoms with van der Waals surface area (Å²) < 4.78 is 12.2. The van der Waals surface area contributed by atoms with Crippen LogP contribution in [0.15, 0.2) is 69.6 Å². The van der Waals surface area contributed by atoms with Gasteiger partial charge in [-0.3, -0.25) is 4.79 Å². The Hall–Kier alpha value is -3.09. The number of halogens is 2. The van der Waals surface area contributed by atoms with Crippen LogP contribution in [0, 0.1) is 0 Å². The number of nitrogens with one attached hydrogen (secondary N) is 1. The third kappa shape index (κ3) is 5.29. The Labute approximate surface area is 205 Å². The lowest BCUT2D eigenvalue weighted by Gasteiger charge is -2.07. The van der Waals surface area contributed by atoms with Gasteiger partial charge in [-0.2, -0.15) is 0 Å². The van der Waals surface area contributed by atoms with Gasteiger partial charge in [-0.05, 0) is 66.1 Å². The molecule has 0 spiro atoms. The zero-order valence-corrected chi connectivity index (χ0v) is 20.7. The quantitative estimate of drug-likeness (QED) is 0.262. The molecule has 0 fully saturated rings. The van der Waals surface area contributed by atoms with Crippen molar-refractivity contribution >= 4 is 56.3 Å². The largest absolute Gasteiger partial charge is 0.496 e. The first kappa shape index (κ1) is 23.1. The standard InChI is InChI=1S/C26H22BrClN2O3/c1-15(2)16-4-9-24-22(13-16)30-26(33-24)20-14-19(7-8-21(20)28)29-25(31)11-5-17-12-18(27)6-10-23(17)32-3/h4-15H,1-3H3,(H,29,31)/b11-5+. The molecule has 168 valence electrons. The Morgan fingerprint density at radius 2 is 1.97 bits per heavy atom. The van der Waals surface area contributed by atoms with Crippen LogP contribution in [0.25, 0.3) is 28.6 Å². The van der Waals surface area contributed by atoms with Crippen molar-refractivity contribution in [1.29, 1.82) is 0 Å². The Balaban J connectivity index is 1.57. The Morgan fingerprint density at radius 3 is 2.73 bits per heavy atom. The van der Waals surface area contributed by atoms with Gasteiger partial charge < -0.3 is 14.5 Å². The number of aromatic nitrogens is 1. The topological polar surface area (TPSA) is 64.4 Å². The van der Waals surface area contributed by atoms with Crippen LogP contribution in [0.3, 0.4) is 0 Å². The van der Waals surface area contributed by atoms with E-state index in [9.17, 15) is 4.79 Å². The molecular weight excluding hydrogens is 504 g/mol. The lowest BCUT2D eigenvalue weighted by molar-refractivity contribution is -0.111. The smallest absolute Gasteiger partial charge is 0.248 e. The van der Waals surface area contributed by atoms with Crippen LogP contribution in [0.5, 0.6) is 5.75 Å². The fourth-order valence-corrected chi connectivity index (χ4v) is 3.95. The van der Waals surface area contributed by atoms with E-state index < -0.39 is 0 Å². The van der Waals surface area contributed by atoms with Crippen molar-refractivity contribution in [3.8, 4) is 17.2 Å². The van der Waals surface area contributed by atoms with Crippen LogP contribution in [0.4, 0.5) is 5.69 Å². The van der Waals surface area contributed by atoms with E-state index >= 15 is 0 Å². The lowest BCUT2D eigenvalue weighted by Crippen LogP contribution is -2.07. The first-order valence-corrected chi connectivity index (χ1v) is 11.5. The van der Waals surface area contributed by atoms with Crippen molar-refractivity contribution in [3.63, 3.8) is 0 Å². The summed E-state index contributed by atoms with van der Waals surface area (Å²) in [6, 6.07) is 16.8. The van der Waals surface area contributed by atoms with Gasteiger partial charge in [-0.1, -0.05) is 47.4 Å². The second-order valence-corrected chi connectivity index (χ2v) is 9.13. The Bertz CT molecular complexity index is 1360. The van der Waals surface area contributed by atoms with E-state index in [1.807, 2.05) is 36.4 Å². The molecule has 1 heterocycles. The summed E-state index contributed by atoms with van der Waals surface area (Å²) in [6.07, 6.45) is 3.15. The molecule has 0 radical (unpaired) electrons. The first-order valence-electron chi connectivity index (χ1n) is 10.4. The van der Waals surface area contributed by atoms with E-state index in [4.69, 9.17) is 20.8 Å². The number of oxazole rings is 1. The zero-order chi connectivity index (χ0) is 23.5. The highest BCUT2D eigenvalue weighted by Gasteiger charge is 2.14. The molecule has 0 unspecified atom stereocenters. The summed E-state index contributed by atoms with van der Waals surface area (Å²) in [5.41, 5.74) is 4.61. The molecule has 0 aliphatic heterocycles. The molecule has 33 heavy (non-hydrogen) atoms. The summed E-state index contributed by atoms with van der Waals surface area (Å²) in [4.78, 5) is 17.1. The molecule has 1 amide bonds. The summed E-state index contributed by atoms with van der Waals surface area (Å²) in [5.74, 6) is 1.18. The van der Waals surface area contributed by atoms with Gasteiger partial charge in [0.25, 0.3) is 0 Å². The predicted molar refractivity (Wildman–Crippen MR) is 137 cm³/mol. The highest BCUT2D eigenvalue weighted by Crippen LogP contribution is 2.33. The van der Waals surface area contributed by atoms with E-state index in [0.717, 1.165) is 15.6 Å². The number of anilines is 1. The van der Waals surface area contributed by atoms with Gasteiger partial charge in [0.1, 0.15) is 11.3 Å². The van der Waals surface area contributed by atoms with Gasteiger partial charge in [0.15, 0.2) is 5.58 Å². The average molecular weight is 526 g/mol. The predicted octanol–water partition coefficient (Wildman–Crippen LogP) is 7.69. The van der Waals surface area contributed by atoms with Gasteiger partial charge in [0, 0.05) is 21.8 Å². The molecule has 0 atom stereocenters. The molecular formula is C26H22BrClN2O3. The highest BCUT2D eigenvalue weighted by atomic mass is 79.9. The SMILES string of the molecule is COc1ccc(Br)cc1/C=C/C(=O)Nc1ccc(Cl)c(-c2nc3cc(C(C)C)ccc3o2)c1. The number of hydrogen-bond donors (Lipinski definition) is 1. The molecule has 3 aromatic carbocycles. The van der Waals surface area contributed by atoms with E-state index in [-0.39, 0.29) is 5.91 Å². The van der Waals surface area contributed by atoms with Crippen LogP contribution in [-0.4, -0.2) is 18.0 Å². The molecule has 0 saturated carbocycles. The van der Waals surface area contributed by atoms with Crippen LogP contribution in [0.1, 0.15) is 30.9 Å². The molecule has 0 aliphatic carbocycles. The molecule has 7 heteroatoms. The van der Waals surface area contributed by atoms with Crippen molar-refractivity contribution < 1.29 is 13.9 Å². The van der Waals surface area contributed by atoms with Gasteiger partial charge in [-0.25, -0.2) is 4.98 Å². The maximum Gasteiger partial charge on any atom is 0.248 e. The second kappa shape index (κ2) is 9.81. The third-order valence-electron chi connectivity index (χ3n) is 5.15. The number of fused-ring (bicyclic) bond motifs is 1. The molecule has 0 aliphatic rings. The number of methoxy groups -OCH3 is 1. The van der Waals surface area contributed by atoms with Gasteiger partial charge in [0.05, 0.1) is 17.7 Å². The van der Waals surface area contributed by atoms with E-state index in [1.54, 1.807) is 31.4 Å².